The third-order valence-electron chi connectivity index (χ3n) is 3.80. The number of nitrogens with one attached hydrogen (secondary N) is 1. The van der Waals surface area contributed by atoms with Gasteiger partial charge in [-0.05, 0) is 35.9 Å². The molecule has 0 fully saturated rings. The molecule has 0 unspecified atom stereocenters. The van der Waals surface area contributed by atoms with Gasteiger partial charge in [0.15, 0.2) is 0 Å². The van der Waals surface area contributed by atoms with Gasteiger partial charge in [-0.25, -0.2) is 14.0 Å². The molecule has 0 saturated heterocycles. The van der Waals surface area contributed by atoms with Crippen molar-refractivity contribution in [3.8, 4) is 5.69 Å². The lowest BCUT2D eigenvalue weighted by Gasteiger charge is -2.22. The van der Waals surface area contributed by atoms with E-state index < -0.39 is 6.09 Å². The first-order valence-electron chi connectivity index (χ1n) is 7.84. The number of H-pyrrole nitrogens is 1. The second-order valence-corrected chi connectivity index (χ2v) is 5.47. The Balaban J connectivity index is 0.000000151. The lowest BCUT2D eigenvalue weighted by molar-refractivity contribution is 0.202. The van der Waals surface area contributed by atoms with Gasteiger partial charge in [0.2, 0.25) is 0 Å². The van der Waals surface area contributed by atoms with Crippen molar-refractivity contribution in [2.24, 2.45) is 0 Å². The van der Waals surface area contributed by atoms with Crippen molar-refractivity contribution in [1.82, 2.24) is 9.55 Å². The van der Waals surface area contributed by atoms with E-state index in [1.54, 1.807) is 18.3 Å². The number of para-hydroxylation sites is 1. The molecule has 0 spiro atoms. The van der Waals surface area contributed by atoms with Crippen LogP contribution >= 0.6 is 0 Å². The fourth-order valence-corrected chi connectivity index (χ4v) is 2.56. The summed E-state index contributed by atoms with van der Waals surface area (Å²) in [4.78, 5) is 25.8. The maximum atomic E-state index is 12.5. The molecule has 2 aromatic carbocycles. The zero-order valence-electron chi connectivity index (χ0n) is 13.7. The van der Waals surface area contributed by atoms with Crippen LogP contribution in [0.25, 0.3) is 11.8 Å². The van der Waals surface area contributed by atoms with Gasteiger partial charge in [-0.2, -0.15) is 0 Å². The van der Waals surface area contributed by atoms with Gasteiger partial charge >= 0.3 is 11.8 Å². The molecule has 0 aliphatic carbocycles. The maximum absolute atomic E-state index is 12.5. The minimum atomic E-state index is -0.906. The van der Waals surface area contributed by atoms with Crippen molar-refractivity contribution in [3.63, 3.8) is 0 Å². The summed E-state index contributed by atoms with van der Waals surface area (Å²) < 4.78 is 13.9. The minimum Gasteiger partial charge on any atom is -0.465 e. The van der Waals surface area contributed by atoms with E-state index in [2.05, 4.69) is 4.98 Å². The quantitative estimate of drug-likeness (QED) is 0.703. The Hall–Kier alpha value is -3.61. The van der Waals surface area contributed by atoms with E-state index in [1.807, 2.05) is 36.4 Å². The van der Waals surface area contributed by atoms with Crippen LogP contribution in [-0.2, 0) is 0 Å². The average molecular weight is 353 g/mol. The number of carbonyl (C=O) groups is 1. The van der Waals surface area contributed by atoms with Crippen LogP contribution in [0.5, 0.6) is 0 Å². The molecule has 2 N–H and O–H groups in total. The molecule has 1 aliphatic heterocycles. The second kappa shape index (κ2) is 7.52. The molecular formula is C19H16FN3O3. The van der Waals surface area contributed by atoms with Crippen molar-refractivity contribution in [2.45, 2.75) is 0 Å². The first-order chi connectivity index (χ1) is 12.6. The fourth-order valence-electron chi connectivity index (χ4n) is 2.56. The highest BCUT2D eigenvalue weighted by atomic mass is 19.1. The number of carboxylic acid groups (broad SMARTS) is 1. The van der Waals surface area contributed by atoms with E-state index in [-0.39, 0.29) is 11.5 Å². The summed E-state index contributed by atoms with van der Waals surface area (Å²) in [6, 6.07) is 13.2. The van der Waals surface area contributed by atoms with Gasteiger partial charge in [0.25, 0.3) is 0 Å². The van der Waals surface area contributed by atoms with E-state index >= 15 is 0 Å². The van der Waals surface area contributed by atoms with Crippen LogP contribution in [0.2, 0.25) is 0 Å². The van der Waals surface area contributed by atoms with Crippen LogP contribution < -0.4 is 10.6 Å². The van der Waals surface area contributed by atoms with Crippen molar-refractivity contribution in [2.75, 3.05) is 11.4 Å². The van der Waals surface area contributed by atoms with Crippen LogP contribution in [0.1, 0.15) is 5.56 Å². The van der Waals surface area contributed by atoms with Crippen LogP contribution in [-0.4, -0.2) is 27.3 Å². The molecule has 3 aromatic rings. The molecule has 26 heavy (non-hydrogen) atoms. The molecule has 1 amide bonds. The number of amides is 1. The number of halogens is 1. The Morgan fingerprint density at radius 2 is 1.85 bits per heavy atom. The van der Waals surface area contributed by atoms with Gasteiger partial charge in [-0.3, -0.25) is 9.47 Å². The molecule has 1 aliphatic rings. The molecule has 0 radical (unpaired) electrons. The van der Waals surface area contributed by atoms with E-state index in [0.717, 1.165) is 11.3 Å². The summed E-state index contributed by atoms with van der Waals surface area (Å²) in [5.74, 6) is -0.313. The van der Waals surface area contributed by atoms with Crippen LogP contribution in [0, 0.1) is 5.82 Å². The normalized spacial score (nSPS) is 12.1. The first-order valence-corrected chi connectivity index (χ1v) is 7.84. The van der Waals surface area contributed by atoms with Gasteiger partial charge in [-0.15, -0.1) is 0 Å². The van der Waals surface area contributed by atoms with Gasteiger partial charge in [0.05, 0.1) is 11.4 Å². The highest BCUT2D eigenvalue weighted by Gasteiger charge is 2.17. The number of benzene rings is 2. The monoisotopic (exact) mass is 353 g/mol. The standard InChI is InChI=1S/C10H9NO2.C9H7FN2O/c12-10(13)11-7-3-5-8-4-1-2-6-9(8)11;10-7-1-3-8(4-2-7)12-6-5-11-9(12)13/h1-6H,7H2,(H,12,13);1-6H,(H,11,13). The number of nitrogens with zero attached hydrogens (tertiary/aromatic N) is 2. The van der Waals surface area contributed by atoms with Gasteiger partial charge in [0, 0.05) is 18.9 Å². The number of imidazole rings is 1. The highest BCUT2D eigenvalue weighted by Crippen LogP contribution is 2.25. The molecule has 6 nitrogen and oxygen atoms in total. The molecule has 1 aromatic heterocycles. The Bertz CT molecular complexity index is 990. The van der Waals surface area contributed by atoms with E-state index in [1.165, 1.54) is 27.8 Å². The Morgan fingerprint density at radius 3 is 2.50 bits per heavy atom. The maximum Gasteiger partial charge on any atom is 0.412 e. The predicted molar refractivity (Wildman–Crippen MR) is 97.2 cm³/mol. The number of fused-ring (bicyclic) bond motifs is 1. The average Bonchev–Trinajstić information content (AvgIpc) is 3.08. The van der Waals surface area contributed by atoms with Crippen LogP contribution in [0.3, 0.4) is 0 Å². The zero-order valence-corrected chi connectivity index (χ0v) is 13.7. The number of rotatable bonds is 1. The van der Waals surface area contributed by atoms with Crippen LogP contribution in [0.15, 0.2) is 71.8 Å². The first kappa shape index (κ1) is 17.2. The fraction of sp³-hybridized carbons (Fsp3) is 0.0526. The summed E-state index contributed by atoms with van der Waals surface area (Å²) in [6.07, 6.45) is 6.00. The van der Waals surface area contributed by atoms with Gasteiger partial charge < -0.3 is 10.1 Å². The zero-order chi connectivity index (χ0) is 18.5. The number of aromatic amines is 1. The van der Waals surface area contributed by atoms with Crippen molar-refractivity contribution in [1.29, 1.82) is 0 Å². The van der Waals surface area contributed by atoms with Crippen molar-refractivity contribution in [3.05, 3.63) is 88.9 Å². The third kappa shape index (κ3) is 3.72. The van der Waals surface area contributed by atoms with E-state index in [4.69, 9.17) is 5.11 Å². The van der Waals surface area contributed by atoms with Crippen molar-refractivity contribution >= 4 is 17.9 Å². The Labute approximate surface area is 148 Å². The smallest absolute Gasteiger partial charge is 0.412 e. The topological polar surface area (TPSA) is 78.3 Å². The lowest BCUT2D eigenvalue weighted by Crippen LogP contribution is -2.31. The summed E-state index contributed by atoms with van der Waals surface area (Å²) in [5, 5.41) is 8.88. The third-order valence-corrected chi connectivity index (χ3v) is 3.80. The molecule has 0 saturated carbocycles. The predicted octanol–water partition coefficient (Wildman–Crippen LogP) is 3.50. The second-order valence-electron chi connectivity index (χ2n) is 5.47. The van der Waals surface area contributed by atoms with E-state index in [0.29, 0.717) is 12.2 Å². The molecule has 0 bridgehead atoms. The number of hydrogen-bond donors (Lipinski definition) is 2. The molecule has 0 atom stereocenters. The summed E-state index contributed by atoms with van der Waals surface area (Å²) in [6.45, 7) is 0.437. The number of anilines is 1. The highest BCUT2D eigenvalue weighted by molar-refractivity contribution is 5.91. The molecular weight excluding hydrogens is 337 g/mol. The summed E-state index contributed by atoms with van der Waals surface area (Å²) in [5.41, 5.74) is 2.13. The van der Waals surface area contributed by atoms with Gasteiger partial charge in [-0.1, -0.05) is 30.4 Å². The number of aromatic nitrogens is 2. The van der Waals surface area contributed by atoms with Crippen molar-refractivity contribution < 1.29 is 14.3 Å². The molecule has 2 heterocycles. The number of hydrogen-bond acceptors (Lipinski definition) is 2. The Morgan fingerprint density at radius 1 is 1.12 bits per heavy atom. The summed E-state index contributed by atoms with van der Waals surface area (Å²) in [7, 11) is 0. The molecule has 132 valence electrons. The largest absolute Gasteiger partial charge is 0.465 e. The minimum absolute atomic E-state index is 0.230. The van der Waals surface area contributed by atoms with Gasteiger partial charge in [0.1, 0.15) is 5.82 Å². The summed E-state index contributed by atoms with van der Waals surface area (Å²) >= 11 is 0. The van der Waals surface area contributed by atoms with E-state index in [9.17, 15) is 14.0 Å². The Kier molecular flexibility index (Phi) is 4.98. The lowest BCUT2D eigenvalue weighted by atomic mass is 10.1. The SMILES string of the molecule is O=C(O)N1CC=Cc2ccccc21.O=c1[nH]ccn1-c1ccc(F)cc1. The van der Waals surface area contributed by atoms with Crippen LogP contribution in [0.4, 0.5) is 14.9 Å². The molecule has 4 rings (SSSR count). The molecule has 7 heteroatoms.